The molecular weight excluding hydrogens is 334 g/mol. The molecule has 116 valence electrons. The third-order valence-electron chi connectivity index (χ3n) is 4.52. The van der Waals surface area contributed by atoms with Crippen molar-refractivity contribution in [3.05, 3.63) is 22.2 Å². The Labute approximate surface area is 134 Å². The Kier molecular flexibility index (Phi) is 4.43. The van der Waals surface area contributed by atoms with Crippen LogP contribution in [0.4, 0.5) is 0 Å². The quantitative estimate of drug-likeness (QED) is 0.870. The molecule has 1 heterocycles. The highest BCUT2D eigenvalue weighted by Gasteiger charge is 2.31. The summed E-state index contributed by atoms with van der Waals surface area (Å²) in [5, 5.41) is 14.0. The van der Waals surface area contributed by atoms with Gasteiger partial charge in [-0.3, -0.25) is 0 Å². The van der Waals surface area contributed by atoms with Crippen molar-refractivity contribution in [2.24, 2.45) is 5.92 Å². The molecule has 0 bridgehead atoms. The number of halogens is 1. The number of benzene rings is 1. The largest absolute Gasteiger partial charge is 0.454 e. The molecule has 1 aromatic rings. The summed E-state index contributed by atoms with van der Waals surface area (Å²) < 4.78 is 11.8. The Morgan fingerprint density at radius 1 is 1.29 bits per heavy atom. The van der Waals surface area contributed by atoms with E-state index in [4.69, 9.17) is 9.47 Å². The molecule has 0 aromatic heterocycles. The van der Waals surface area contributed by atoms with E-state index in [-0.39, 0.29) is 6.79 Å². The summed E-state index contributed by atoms with van der Waals surface area (Å²) >= 11 is 3.56. The molecule has 0 spiro atoms. The first-order chi connectivity index (χ1) is 10.1. The Balaban J connectivity index is 1.56. The topological polar surface area (TPSA) is 50.7 Å². The van der Waals surface area contributed by atoms with Crippen LogP contribution in [0.2, 0.25) is 0 Å². The average molecular weight is 356 g/mol. The van der Waals surface area contributed by atoms with Crippen molar-refractivity contribution in [1.82, 2.24) is 5.32 Å². The van der Waals surface area contributed by atoms with Crippen molar-refractivity contribution in [3.8, 4) is 11.5 Å². The fraction of sp³-hybridized carbons (Fsp3) is 0.625. The van der Waals surface area contributed by atoms with Gasteiger partial charge in [0.25, 0.3) is 0 Å². The van der Waals surface area contributed by atoms with Gasteiger partial charge >= 0.3 is 0 Å². The van der Waals surface area contributed by atoms with E-state index in [2.05, 4.69) is 28.2 Å². The highest BCUT2D eigenvalue weighted by molar-refractivity contribution is 9.10. The molecule has 21 heavy (non-hydrogen) atoms. The first kappa shape index (κ1) is 15.1. The van der Waals surface area contributed by atoms with Gasteiger partial charge in [0.15, 0.2) is 11.5 Å². The minimum atomic E-state index is -0.546. The smallest absolute Gasteiger partial charge is 0.231 e. The van der Waals surface area contributed by atoms with Gasteiger partial charge in [-0.05, 0) is 49.3 Å². The minimum Gasteiger partial charge on any atom is -0.454 e. The average Bonchev–Trinajstić information content (AvgIpc) is 2.90. The van der Waals surface area contributed by atoms with Crippen molar-refractivity contribution in [2.75, 3.05) is 13.3 Å². The van der Waals surface area contributed by atoms with Crippen LogP contribution in [-0.2, 0) is 6.54 Å². The van der Waals surface area contributed by atoms with Crippen LogP contribution in [0, 0.1) is 5.92 Å². The Hall–Kier alpha value is -0.780. The molecule has 1 aliphatic carbocycles. The van der Waals surface area contributed by atoms with Crippen LogP contribution in [0.15, 0.2) is 16.6 Å². The van der Waals surface area contributed by atoms with Crippen LogP contribution in [-0.4, -0.2) is 24.0 Å². The SMILES string of the molecule is CC1CCC(O)(CNCc2cc3c(cc2Br)OCO3)CC1. The zero-order valence-corrected chi connectivity index (χ0v) is 13.9. The maximum Gasteiger partial charge on any atom is 0.231 e. The van der Waals surface area contributed by atoms with Gasteiger partial charge in [0.1, 0.15) is 0 Å². The van der Waals surface area contributed by atoms with Crippen molar-refractivity contribution in [2.45, 2.75) is 44.8 Å². The summed E-state index contributed by atoms with van der Waals surface area (Å²) in [6.07, 6.45) is 4.02. The third-order valence-corrected chi connectivity index (χ3v) is 5.25. The van der Waals surface area contributed by atoms with Crippen molar-refractivity contribution < 1.29 is 14.6 Å². The molecule has 0 unspecified atom stereocenters. The van der Waals surface area contributed by atoms with E-state index in [0.29, 0.717) is 13.1 Å². The third kappa shape index (κ3) is 3.52. The second kappa shape index (κ2) is 6.15. The number of aliphatic hydroxyl groups is 1. The van der Waals surface area contributed by atoms with Gasteiger partial charge in [0.05, 0.1) is 5.60 Å². The van der Waals surface area contributed by atoms with Crippen LogP contribution in [0.3, 0.4) is 0 Å². The van der Waals surface area contributed by atoms with Crippen LogP contribution in [0.1, 0.15) is 38.2 Å². The van der Waals surface area contributed by atoms with Crippen molar-refractivity contribution in [1.29, 1.82) is 0 Å². The van der Waals surface area contributed by atoms with Crippen molar-refractivity contribution in [3.63, 3.8) is 0 Å². The van der Waals surface area contributed by atoms with Gasteiger partial charge in [0.2, 0.25) is 6.79 Å². The second-order valence-corrected chi connectivity index (χ2v) is 7.16. The molecule has 1 aliphatic heterocycles. The van der Waals surface area contributed by atoms with Gasteiger partial charge in [-0.2, -0.15) is 0 Å². The normalized spacial score (nSPS) is 27.9. The molecule has 5 heteroatoms. The Morgan fingerprint density at radius 3 is 2.67 bits per heavy atom. The van der Waals surface area contributed by atoms with E-state index in [1.165, 1.54) is 0 Å². The predicted octanol–water partition coefficient (Wildman–Crippen LogP) is 3.21. The van der Waals surface area contributed by atoms with Gasteiger partial charge in [-0.25, -0.2) is 0 Å². The predicted molar refractivity (Wildman–Crippen MR) is 84.6 cm³/mol. The summed E-state index contributed by atoms with van der Waals surface area (Å²) in [7, 11) is 0. The summed E-state index contributed by atoms with van der Waals surface area (Å²) in [4.78, 5) is 0. The minimum absolute atomic E-state index is 0.288. The number of fused-ring (bicyclic) bond motifs is 1. The van der Waals surface area contributed by atoms with Gasteiger partial charge < -0.3 is 19.9 Å². The molecule has 1 fully saturated rings. The standard InChI is InChI=1S/C16H22BrNO3/c1-11-2-4-16(19,5-3-11)9-18-8-12-6-14-15(7-13(12)17)21-10-20-14/h6-7,11,18-19H,2-5,8-10H2,1H3. The monoisotopic (exact) mass is 355 g/mol. The zero-order valence-electron chi connectivity index (χ0n) is 12.3. The molecule has 2 N–H and O–H groups in total. The Morgan fingerprint density at radius 2 is 1.95 bits per heavy atom. The molecule has 1 aromatic carbocycles. The highest BCUT2D eigenvalue weighted by atomic mass is 79.9. The zero-order chi connectivity index (χ0) is 14.9. The van der Waals surface area contributed by atoms with E-state index in [1.807, 2.05) is 12.1 Å². The lowest BCUT2D eigenvalue weighted by molar-refractivity contribution is -0.00631. The van der Waals surface area contributed by atoms with E-state index in [9.17, 15) is 5.11 Å². The van der Waals surface area contributed by atoms with Gasteiger partial charge in [0, 0.05) is 17.6 Å². The summed E-state index contributed by atoms with van der Waals surface area (Å²) in [5.41, 5.74) is 0.571. The lowest BCUT2D eigenvalue weighted by Gasteiger charge is -2.35. The van der Waals surface area contributed by atoms with Crippen LogP contribution < -0.4 is 14.8 Å². The lowest BCUT2D eigenvalue weighted by Crippen LogP contribution is -2.43. The maximum atomic E-state index is 10.6. The maximum absolute atomic E-state index is 10.6. The van der Waals surface area contributed by atoms with E-state index < -0.39 is 5.60 Å². The molecule has 0 saturated heterocycles. The van der Waals surface area contributed by atoms with E-state index in [1.54, 1.807) is 0 Å². The summed E-state index contributed by atoms with van der Waals surface area (Å²) in [5.74, 6) is 2.32. The van der Waals surface area contributed by atoms with E-state index in [0.717, 1.165) is 53.1 Å². The lowest BCUT2D eigenvalue weighted by atomic mass is 9.79. The second-order valence-electron chi connectivity index (χ2n) is 6.31. The van der Waals surface area contributed by atoms with Crippen LogP contribution >= 0.6 is 15.9 Å². The molecular formula is C16H22BrNO3. The molecule has 2 aliphatic rings. The number of hydrogen-bond donors (Lipinski definition) is 2. The number of ether oxygens (including phenoxy) is 2. The molecule has 1 saturated carbocycles. The fourth-order valence-corrected chi connectivity index (χ4v) is 3.46. The van der Waals surface area contributed by atoms with Crippen LogP contribution in [0.5, 0.6) is 11.5 Å². The summed E-state index contributed by atoms with van der Waals surface area (Å²) in [6, 6.07) is 3.93. The van der Waals surface area contributed by atoms with E-state index >= 15 is 0 Å². The first-order valence-electron chi connectivity index (χ1n) is 7.57. The fourth-order valence-electron chi connectivity index (χ4n) is 3.00. The highest BCUT2D eigenvalue weighted by Crippen LogP contribution is 2.37. The molecule has 0 atom stereocenters. The summed E-state index contributed by atoms with van der Waals surface area (Å²) in [6.45, 7) is 3.89. The molecule has 3 rings (SSSR count). The number of nitrogens with one attached hydrogen (secondary N) is 1. The first-order valence-corrected chi connectivity index (χ1v) is 8.36. The molecule has 4 nitrogen and oxygen atoms in total. The number of hydrogen-bond acceptors (Lipinski definition) is 4. The van der Waals surface area contributed by atoms with Crippen LogP contribution in [0.25, 0.3) is 0 Å². The Bertz CT molecular complexity index is 512. The van der Waals surface area contributed by atoms with Gasteiger partial charge in [-0.15, -0.1) is 0 Å². The van der Waals surface area contributed by atoms with Crippen molar-refractivity contribution >= 4 is 15.9 Å². The van der Waals surface area contributed by atoms with Gasteiger partial charge in [-0.1, -0.05) is 22.9 Å². The molecule has 0 amide bonds. The molecule has 0 radical (unpaired) electrons. The number of rotatable bonds is 4.